The maximum atomic E-state index is 5.55. The molecule has 0 unspecified atom stereocenters. The molecule has 0 aliphatic heterocycles. The Bertz CT molecular complexity index is 282. The highest BCUT2D eigenvalue weighted by Crippen LogP contribution is 2.05. The van der Waals surface area contributed by atoms with Crippen molar-refractivity contribution in [1.29, 1.82) is 0 Å². The van der Waals surface area contributed by atoms with Crippen LogP contribution in [-0.4, -0.2) is 11.6 Å². The maximum absolute atomic E-state index is 5.55. The predicted molar refractivity (Wildman–Crippen MR) is 65.9 cm³/mol. The number of aromatic nitrogens is 1. The van der Waals surface area contributed by atoms with Crippen LogP contribution < -0.4 is 5.73 Å². The Morgan fingerprint density at radius 1 is 1.38 bits per heavy atom. The van der Waals surface area contributed by atoms with Crippen molar-refractivity contribution in [3.05, 3.63) is 29.6 Å². The van der Waals surface area contributed by atoms with Gasteiger partial charge >= 0.3 is 0 Å². The number of rotatable bonds is 7. The summed E-state index contributed by atoms with van der Waals surface area (Å²) in [5, 5.41) is 0. The van der Waals surface area contributed by atoms with Gasteiger partial charge in [-0.05, 0) is 30.4 Å². The summed E-state index contributed by atoms with van der Waals surface area (Å²) in [6, 6.07) is 3.98. The molecule has 0 saturated heterocycles. The normalized spacial score (nSPS) is 11.0. The molecule has 1 heterocycles. The van der Waals surface area contributed by atoms with Crippen molar-refractivity contribution in [1.82, 2.24) is 4.98 Å². The van der Waals surface area contributed by atoms with Crippen molar-refractivity contribution in [2.45, 2.75) is 39.8 Å². The first-order chi connectivity index (χ1) is 7.72. The summed E-state index contributed by atoms with van der Waals surface area (Å²) >= 11 is 0. The van der Waals surface area contributed by atoms with Crippen molar-refractivity contribution < 1.29 is 4.74 Å². The molecule has 3 nitrogen and oxygen atoms in total. The fourth-order valence-corrected chi connectivity index (χ4v) is 1.43. The van der Waals surface area contributed by atoms with Crippen molar-refractivity contribution in [2.75, 3.05) is 6.61 Å². The van der Waals surface area contributed by atoms with Crippen LogP contribution in [0.3, 0.4) is 0 Å². The summed E-state index contributed by atoms with van der Waals surface area (Å²) in [6.07, 6.45) is 4.16. The molecule has 0 saturated carbocycles. The zero-order valence-electron chi connectivity index (χ0n) is 10.3. The fourth-order valence-electron chi connectivity index (χ4n) is 1.43. The van der Waals surface area contributed by atoms with Crippen LogP contribution in [0.5, 0.6) is 0 Å². The van der Waals surface area contributed by atoms with Gasteiger partial charge in [-0.25, -0.2) is 0 Å². The van der Waals surface area contributed by atoms with Crippen LogP contribution in [0, 0.1) is 5.92 Å². The summed E-state index contributed by atoms with van der Waals surface area (Å²) in [6.45, 7) is 6.42. The van der Waals surface area contributed by atoms with E-state index in [1.54, 1.807) is 0 Å². The zero-order valence-corrected chi connectivity index (χ0v) is 10.3. The minimum Gasteiger partial charge on any atom is -0.375 e. The Balaban J connectivity index is 2.16. The van der Waals surface area contributed by atoms with E-state index in [1.807, 2.05) is 18.3 Å². The molecule has 0 fully saturated rings. The second-order valence-corrected chi connectivity index (χ2v) is 4.45. The second kappa shape index (κ2) is 7.36. The first-order valence-corrected chi connectivity index (χ1v) is 5.94. The van der Waals surface area contributed by atoms with Crippen molar-refractivity contribution in [3.63, 3.8) is 0 Å². The van der Waals surface area contributed by atoms with Gasteiger partial charge < -0.3 is 10.5 Å². The lowest BCUT2D eigenvalue weighted by Gasteiger charge is -2.06. The summed E-state index contributed by atoms with van der Waals surface area (Å²) in [7, 11) is 0. The predicted octanol–water partition coefficient (Wildman–Crippen LogP) is 2.49. The van der Waals surface area contributed by atoms with E-state index in [-0.39, 0.29) is 0 Å². The Kier molecular flexibility index (Phi) is 6.04. The van der Waals surface area contributed by atoms with E-state index in [2.05, 4.69) is 18.8 Å². The van der Waals surface area contributed by atoms with E-state index in [1.165, 1.54) is 6.42 Å². The molecule has 0 aliphatic rings. The lowest BCUT2D eigenvalue weighted by atomic mass is 10.1. The highest BCUT2D eigenvalue weighted by molar-refractivity contribution is 5.13. The molecule has 0 aromatic carbocycles. The molecule has 1 aromatic heterocycles. The molecule has 0 atom stereocenters. The van der Waals surface area contributed by atoms with Crippen molar-refractivity contribution >= 4 is 0 Å². The molecular weight excluding hydrogens is 200 g/mol. The fraction of sp³-hybridized carbons (Fsp3) is 0.615. The molecule has 0 amide bonds. The third-order valence-electron chi connectivity index (χ3n) is 2.44. The number of hydrogen-bond donors (Lipinski definition) is 1. The molecule has 0 spiro atoms. The standard InChI is InChI=1S/C13H22N2O/c1-11(2)4-3-7-16-10-13-6-5-12(8-14)9-15-13/h5-6,9,11H,3-4,7-8,10,14H2,1-2H3. The number of pyridine rings is 1. The van der Waals surface area contributed by atoms with Crippen LogP contribution in [0.4, 0.5) is 0 Å². The molecule has 90 valence electrons. The van der Waals surface area contributed by atoms with Crippen LogP contribution in [-0.2, 0) is 17.9 Å². The smallest absolute Gasteiger partial charge is 0.0887 e. The van der Waals surface area contributed by atoms with Gasteiger partial charge in [0.25, 0.3) is 0 Å². The van der Waals surface area contributed by atoms with Crippen LogP contribution in [0.2, 0.25) is 0 Å². The molecule has 1 aromatic rings. The highest BCUT2D eigenvalue weighted by atomic mass is 16.5. The molecule has 0 radical (unpaired) electrons. The van der Waals surface area contributed by atoms with Gasteiger partial charge in [0.1, 0.15) is 0 Å². The zero-order chi connectivity index (χ0) is 11.8. The Morgan fingerprint density at radius 2 is 2.19 bits per heavy atom. The molecule has 0 bridgehead atoms. The first kappa shape index (κ1) is 13.1. The molecule has 16 heavy (non-hydrogen) atoms. The molecular formula is C13H22N2O. The second-order valence-electron chi connectivity index (χ2n) is 4.45. The third-order valence-corrected chi connectivity index (χ3v) is 2.44. The van der Waals surface area contributed by atoms with Crippen LogP contribution in [0.1, 0.15) is 37.9 Å². The lowest BCUT2D eigenvalue weighted by Crippen LogP contribution is -2.01. The largest absolute Gasteiger partial charge is 0.375 e. The topological polar surface area (TPSA) is 48.1 Å². The van der Waals surface area contributed by atoms with Crippen molar-refractivity contribution in [2.24, 2.45) is 11.7 Å². The van der Waals surface area contributed by atoms with Gasteiger partial charge in [-0.15, -0.1) is 0 Å². The number of nitrogens with zero attached hydrogens (tertiary/aromatic N) is 1. The number of ether oxygens (including phenoxy) is 1. The molecule has 2 N–H and O–H groups in total. The summed E-state index contributed by atoms with van der Waals surface area (Å²) in [4.78, 5) is 4.28. The van der Waals surface area contributed by atoms with E-state index in [0.717, 1.165) is 30.2 Å². The van der Waals surface area contributed by atoms with Crippen molar-refractivity contribution in [3.8, 4) is 0 Å². The van der Waals surface area contributed by atoms with Gasteiger partial charge in [0.2, 0.25) is 0 Å². The van der Waals surface area contributed by atoms with Crippen LogP contribution in [0.25, 0.3) is 0 Å². The van der Waals surface area contributed by atoms with E-state index < -0.39 is 0 Å². The minimum atomic E-state index is 0.544. The first-order valence-electron chi connectivity index (χ1n) is 5.94. The van der Waals surface area contributed by atoms with E-state index >= 15 is 0 Å². The summed E-state index contributed by atoms with van der Waals surface area (Å²) in [5.74, 6) is 0.755. The average molecular weight is 222 g/mol. The Hall–Kier alpha value is -0.930. The van der Waals surface area contributed by atoms with Gasteiger partial charge in [0.05, 0.1) is 12.3 Å². The van der Waals surface area contributed by atoms with Gasteiger partial charge in [-0.2, -0.15) is 0 Å². The highest BCUT2D eigenvalue weighted by Gasteiger charge is 1.97. The monoisotopic (exact) mass is 222 g/mol. The van der Waals surface area contributed by atoms with Gasteiger partial charge in [-0.1, -0.05) is 19.9 Å². The quantitative estimate of drug-likeness (QED) is 0.721. The number of nitrogens with two attached hydrogens (primary N) is 1. The Morgan fingerprint density at radius 3 is 2.75 bits per heavy atom. The average Bonchev–Trinajstić information content (AvgIpc) is 2.29. The third kappa shape index (κ3) is 5.24. The molecule has 0 aliphatic carbocycles. The molecule has 3 heteroatoms. The minimum absolute atomic E-state index is 0.544. The lowest BCUT2D eigenvalue weighted by molar-refractivity contribution is 0.112. The van der Waals surface area contributed by atoms with Crippen LogP contribution >= 0.6 is 0 Å². The van der Waals surface area contributed by atoms with E-state index in [9.17, 15) is 0 Å². The summed E-state index contributed by atoms with van der Waals surface area (Å²) < 4.78 is 5.55. The van der Waals surface area contributed by atoms with Gasteiger partial charge in [0, 0.05) is 19.3 Å². The van der Waals surface area contributed by atoms with Gasteiger partial charge in [0.15, 0.2) is 0 Å². The number of hydrogen-bond acceptors (Lipinski definition) is 3. The van der Waals surface area contributed by atoms with Crippen LogP contribution in [0.15, 0.2) is 18.3 Å². The summed E-state index contributed by atoms with van der Waals surface area (Å²) in [5.41, 5.74) is 7.53. The maximum Gasteiger partial charge on any atom is 0.0887 e. The van der Waals surface area contributed by atoms with E-state index in [4.69, 9.17) is 10.5 Å². The van der Waals surface area contributed by atoms with Gasteiger partial charge in [-0.3, -0.25) is 4.98 Å². The SMILES string of the molecule is CC(C)CCCOCc1ccc(CN)cn1. The molecule has 1 rings (SSSR count). The van der Waals surface area contributed by atoms with E-state index in [0.29, 0.717) is 13.2 Å². The Labute approximate surface area is 98.0 Å².